The third-order valence-corrected chi connectivity index (χ3v) is 5.82. The number of hydrogen-bond donors (Lipinski definition) is 0. The fourth-order valence-electron chi connectivity index (χ4n) is 2.41. The SMILES string of the molecule is COc1ccc(CCl)cc1S(=O)(=O)N1CCC(C)(C)C1. The molecule has 20 heavy (non-hydrogen) atoms. The summed E-state index contributed by atoms with van der Waals surface area (Å²) in [4.78, 5) is 0.204. The van der Waals surface area contributed by atoms with Crippen LogP contribution in [0.4, 0.5) is 0 Å². The first-order chi connectivity index (χ1) is 9.30. The molecule has 0 unspecified atom stereocenters. The number of methoxy groups -OCH3 is 1. The minimum atomic E-state index is -3.54. The van der Waals surface area contributed by atoms with Crippen molar-refractivity contribution in [3.63, 3.8) is 0 Å². The average molecular weight is 318 g/mol. The quantitative estimate of drug-likeness (QED) is 0.802. The third kappa shape index (κ3) is 2.95. The van der Waals surface area contributed by atoms with Gasteiger partial charge in [0.1, 0.15) is 10.6 Å². The summed E-state index contributed by atoms with van der Waals surface area (Å²) in [7, 11) is -2.06. The van der Waals surface area contributed by atoms with Crippen LogP contribution in [-0.4, -0.2) is 32.9 Å². The predicted octanol–water partition coefficient (Wildman–Crippen LogP) is 2.85. The zero-order valence-corrected chi connectivity index (χ0v) is 13.6. The van der Waals surface area contributed by atoms with Gasteiger partial charge in [-0.2, -0.15) is 4.31 Å². The maximum atomic E-state index is 12.8. The van der Waals surface area contributed by atoms with Crippen LogP contribution < -0.4 is 4.74 Å². The van der Waals surface area contributed by atoms with Crippen molar-refractivity contribution < 1.29 is 13.2 Å². The maximum absolute atomic E-state index is 12.8. The van der Waals surface area contributed by atoms with E-state index < -0.39 is 10.0 Å². The molecule has 0 N–H and O–H groups in total. The number of alkyl halides is 1. The molecule has 6 heteroatoms. The molecule has 1 aliphatic heterocycles. The molecule has 0 aromatic heterocycles. The Morgan fingerprint density at radius 1 is 1.40 bits per heavy atom. The average Bonchev–Trinajstić information content (AvgIpc) is 2.79. The van der Waals surface area contributed by atoms with Crippen molar-refractivity contribution in [2.75, 3.05) is 20.2 Å². The lowest BCUT2D eigenvalue weighted by Crippen LogP contribution is -2.30. The van der Waals surface area contributed by atoms with E-state index in [2.05, 4.69) is 13.8 Å². The number of ether oxygens (including phenoxy) is 1. The van der Waals surface area contributed by atoms with Gasteiger partial charge in [0.05, 0.1) is 7.11 Å². The van der Waals surface area contributed by atoms with Crippen molar-refractivity contribution in [3.05, 3.63) is 23.8 Å². The number of hydrogen-bond acceptors (Lipinski definition) is 3. The number of nitrogens with zero attached hydrogens (tertiary/aromatic N) is 1. The van der Waals surface area contributed by atoms with Gasteiger partial charge < -0.3 is 4.74 Å². The largest absolute Gasteiger partial charge is 0.495 e. The van der Waals surface area contributed by atoms with E-state index in [4.69, 9.17) is 16.3 Å². The van der Waals surface area contributed by atoms with E-state index in [1.165, 1.54) is 11.4 Å². The summed E-state index contributed by atoms with van der Waals surface area (Å²) in [6.45, 7) is 5.23. The molecule has 0 spiro atoms. The molecule has 0 saturated carbocycles. The van der Waals surface area contributed by atoms with Gasteiger partial charge in [-0.3, -0.25) is 0 Å². The second-order valence-corrected chi connectivity index (χ2v) is 8.05. The molecular weight excluding hydrogens is 298 g/mol. The monoisotopic (exact) mass is 317 g/mol. The lowest BCUT2D eigenvalue weighted by molar-refractivity contribution is 0.371. The zero-order chi connectivity index (χ0) is 15.0. The van der Waals surface area contributed by atoms with E-state index in [9.17, 15) is 8.42 Å². The maximum Gasteiger partial charge on any atom is 0.246 e. The lowest BCUT2D eigenvalue weighted by Gasteiger charge is -2.21. The highest BCUT2D eigenvalue weighted by atomic mass is 35.5. The Kier molecular flexibility index (Phi) is 4.33. The molecule has 0 aliphatic carbocycles. The van der Waals surface area contributed by atoms with Crippen LogP contribution in [-0.2, 0) is 15.9 Å². The highest BCUT2D eigenvalue weighted by molar-refractivity contribution is 7.89. The van der Waals surface area contributed by atoms with Gasteiger partial charge in [0.25, 0.3) is 0 Å². The zero-order valence-electron chi connectivity index (χ0n) is 12.0. The molecule has 1 saturated heterocycles. The van der Waals surface area contributed by atoms with Crippen LogP contribution in [0.2, 0.25) is 0 Å². The Bertz CT molecular complexity index is 598. The van der Waals surface area contributed by atoms with Crippen molar-refractivity contribution in [2.45, 2.75) is 31.0 Å². The van der Waals surface area contributed by atoms with Crippen LogP contribution in [0.5, 0.6) is 5.75 Å². The standard InChI is InChI=1S/C14H20ClNO3S/c1-14(2)6-7-16(10-14)20(17,18)13-8-11(9-15)4-5-12(13)19-3/h4-5,8H,6-7,9-10H2,1-3H3. The van der Waals surface area contributed by atoms with Gasteiger partial charge in [-0.25, -0.2) is 8.42 Å². The Morgan fingerprint density at radius 3 is 2.60 bits per heavy atom. The molecular formula is C14H20ClNO3S. The molecule has 2 rings (SSSR count). The number of rotatable bonds is 4. The van der Waals surface area contributed by atoms with E-state index in [0.717, 1.165) is 12.0 Å². The summed E-state index contributed by atoms with van der Waals surface area (Å²) >= 11 is 5.80. The smallest absolute Gasteiger partial charge is 0.246 e. The Hall–Kier alpha value is -0.780. The highest BCUT2D eigenvalue weighted by Crippen LogP contribution is 2.35. The topological polar surface area (TPSA) is 46.6 Å². The van der Waals surface area contributed by atoms with Crippen LogP contribution in [0.3, 0.4) is 0 Å². The van der Waals surface area contributed by atoms with Crippen LogP contribution in [0.1, 0.15) is 25.8 Å². The molecule has 1 aromatic carbocycles. The first-order valence-corrected chi connectivity index (χ1v) is 8.51. The molecule has 1 aromatic rings. The second-order valence-electron chi connectivity index (χ2n) is 5.87. The van der Waals surface area contributed by atoms with Gasteiger partial charge in [-0.15, -0.1) is 11.6 Å². The Balaban J connectivity index is 2.44. The number of halogens is 1. The normalized spacial score (nSPS) is 19.2. The molecule has 4 nitrogen and oxygen atoms in total. The third-order valence-electron chi connectivity index (χ3n) is 3.64. The van der Waals surface area contributed by atoms with Gasteiger partial charge in [0.15, 0.2) is 0 Å². The van der Waals surface area contributed by atoms with Gasteiger partial charge in [-0.05, 0) is 29.5 Å². The molecule has 1 aliphatic rings. The van der Waals surface area contributed by atoms with Crippen LogP contribution in [0, 0.1) is 5.41 Å². The Morgan fingerprint density at radius 2 is 2.10 bits per heavy atom. The summed E-state index contributed by atoms with van der Waals surface area (Å²) in [5.74, 6) is 0.640. The van der Waals surface area contributed by atoms with Crippen molar-refractivity contribution in [2.24, 2.45) is 5.41 Å². The van der Waals surface area contributed by atoms with Crippen molar-refractivity contribution in [1.29, 1.82) is 0 Å². The Labute approximate surface area is 125 Å². The minimum Gasteiger partial charge on any atom is -0.495 e. The molecule has 0 bridgehead atoms. The highest BCUT2D eigenvalue weighted by Gasteiger charge is 2.38. The van der Waals surface area contributed by atoms with Crippen molar-refractivity contribution in [1.82, 2.24) is 4.31 Å². The van der Waals surface area contributed by atoms with Gasteiger partial charge in [0, 0.05) is 19.0 Å². The summed E-state index contributed by atoms with van der Waals surface area (Å²) in [6.07, 6.45) is 0.865. The molecule has 0 atom stereocenters. The van der Waals surface area contributed by atoms with E-state index >= 15 is 0 Å². The lowest BCUT2D eigenvalue weighted by atomic mass is 9.93. The number of benzene rings is 1. The minimum absolute atomic E-state index is 0.0183. The number of sulfonamides is 1. The van der Waals surface area contributed by atoms with Crippen LogP contribution >= 0.6 is 11.6 Å². The second kappa shape index (κ2) is 5.54. The summed E-state index contributed by atoms with van der Waals surface area (Å²) in [5, 5.41) is 0. The summed E-state index contributed by atoms with van der Waals surface area (Å²) < 4.78 is 32.3. The first kappa shape index (κ1) is 15.6. The van der Waals surface area contributed by atoms with Gasteiger partial charge in [0.2, 0.25) is 10.0 Å². The molecule has 1 fully saturated rings. The van der Waals surface area contributed by atoms with Crippen molar-refractivity contribution in [3.8, 4) is 5.75 Å². The van der Waals surface area contributed by atoms with Crippen molar-refractivity contribution >= 4 is 21.6 Å². The van der Waals surface area contributed by atoms with Gasteiger partial charge in [-0.1, -0.05) is 19.9 Å². The van der Waals surface area contributed by atoms with E-state index in [1.807, 2.05) is 0 Å². The van der Waals surface area contributed by atoms with E-state index in [0.29, 0.717) is 18.8 Å². The van der Waals surface area contributed by atoms with Crippen LogP contribution in [0.25, 0.3) is 0 Å². The molecule has 0 amide bonds. The van der Waals surface area contributed by atoms with Gasteiger partial charge >= 0.3 is 0 Å². The fraction of sp³-hybridized carbons (Fsp3) is 0.571. The first-order valence-electron chi connectivity index (χ1n) is 6.53. The molecule has 0 radical (unpaired) electrons. The summed E-state index contributed by atoms with van der Waals surface area (Å²) in [5.41, 5.74) is 0.786. The molecule has 112 valence electrons. The molecule has 1 heterocycles. The fourth-order valence-corrected chi connectivity index (χ4v) is 4.41. The summed E-state index contributed by atoms with van der Waals surface area (Å²) in [6, 6.07) is 5.04. The predicted molar refractivity (Wildman–Crippen MR) is 79.7 cm³/mol. The van der Waals surface area contributed by atoms with E-state index in [-0.39, 0.29) is 16.2 Å². The van der Waals surface area contributed by atoms with Crippen LogP contribution in [0.15, 0.2) is 23.1 Å². The van der Waals surface area contributed by atoms with E-state index in [1.54, 1.807) is 18.2 Å².